The van der Waals surface area contributed by atoms with Gasteiger partial charge in [0.25, 0.3) is 0 Å². The second-order valence-corrected chi connectivity index (χ2v) is 5.73. The van der Waals surface area contributed by atoms with E-state index in [-0.39, 0.29) is 5.75 Å². The van der Waals surface area contributed by atoms with Crippen LogP contribution in [0, 0.1) is 0 Å². The fourth-order valence-electron chi connectivity index (χ4n) is 2.91. The SMILES string of the molecule is COc1ccc(-c2ccc3c(c2)OCCC3OC(N)=O)cc1C(F)(F)F. The Morgan fingerprint density at radius 3 is 2.54 bits per heavy atom. The van der Waals surface area contributed by atoms with Crippen molar-refractivity contribution in [3.05, 3.63) is 47.5 Å². The third-order valence-corrected chi connectivity index (χ3v) is 4.09. The lowest BCUT2D eigenvalue weighted by Crippen LogP contribution is -2.22. The van der Waals surface area contributed by atoms with Crippen molar-refractivity contribution in [2.75, 3.05) is 13.7 Å². The summed E-state index contributed by atoms with van der Waals surface area (Å²) in [5.41, 5.74) is 5.74. The van der Waals surface area contributed by atoms with Gasteiger partial charge in [-0.2, -0.15) is 13.2 Å². The molecule has 1 atom stereocenters. The number of ether oxygens (including phenoxy) is 3. The molecular weight excluding hydrogens is 351 g/mol. The number of carbonyl (C=O) groups excluding carboxylic acids is 1. The molecule has 0 saturated carbocycles. The van der Waals surface area contributed by atoms with Gasteiger partial charge in [0, 0.05) is 12.0 Å². The molecule has 0 saturated heterocycles. The molecule has 2 aromatic carbocycles. The molecule has 1 amide bonds. The van der Waals surface area contributed by atoms with E-state index in [1.165, 1.54) is 19.2 Å². The summed E-state index contributed by atoms with van der Waals surface area (Å²) < 4.78 is 55.0. The fraction of sp³-hybridized carbons (Fsp3) is 0.278. The van der Waals surface area contributed by atoms with E-state index in [2.05, 4.69) is 0 Å². The van der Waals surface area contributed by atoms with Crippen LogP contribution in [0.1, 0.15) is 23.7 Å². The molecule has 0 radical (unpaired) electrons. The number of hydrogen-bond acceptors (Lipinski definition) is 4. The van der Waals surface area contributed by atoms with Gasteiger partial charge >= 0.3 is 12.3 Å². The Kier molecular flexibility index (Phi) is 4.67. The van der Waals surface area contributed by atoms with Crippen molar-refractivity contribution < 1.29 is 32.2 Å². The average Bonchev–Trinajstić information content (AvgIpc) is 2.60. The van der Waals surface area contributed by atoms with Gasteiger partial charge in [-0.05, 0) is 29.3 Å². The topological polar surface area (TPSA) is 70.8 Å². The Morgan fingerprint density at radius 2 is 1.88 bits per heavy atom. The Balaban J connectivity index is 2.00. The number of alkyl halides is 3. The summed E-state index contributed by atoms with van der Waals surface area (Å²) in [5, 5.41) is 0. The van der Waals surface area contributed by atoms with Crippen LogP contribution < -0.4 is 15.2 Å². The number of primary amides is 1. The lowest BCUT2D eigenvalue weighted by atomic mass is 9.96. The first-order valence-electron chi connectivity index (χ1n) is 7.78. The largest absolute Gasteiger partial charge is 0.496 e. The number of methoxy groups -OCH3 is 1. The maximum absolute atomic E-state index is 13.2. The fourth-order valence-corrected chi connectivity index (χ4v) is 2.91. The van der Waals surface area contributed by atoms with Crippen molar-refractivity contribution in [1.29, 1.82) is 0 Å². The van der Waals surface area contributed by atoms with E-state index in [0.717, 1.165) is 6.07 Å². The molecule has 1 aliphatic rings. The standard InChI is InChI=1S/C18H16F3NO4/c1-24-15-5-3-10(8-13(15)18(19,20)21)11-2-4-12-14(26-17(22)23)6-7-25-16(12)9-11/h2-5,8-9,14H,6-7H2,1H3,(H2,22,23). The zero-order valence-electron chi connectivity index (χ0n) is 13.8. The minimum Gasteiger partial charge on any atom is -0.496 e. The quantitative estimate of drug-likeness (QED) is 0.878. The summed E-state index contributed by atoms with van der Waals surface area (Å²) >= 11 is 0. The van der Waals surface area contributed by atoms with Gasteiger partial charge in [-0.1, -0.05) is 18.2 Å². The van der Waals surface area contributed by atoms with E-state index in [4.69, 9.17) is 19.9 Å². The summed E-state index contributed by atoms with van der Waals surface area (Å²) in [4.78, 5) is 11.0. The molecule has 138 valence electrons. The predicted molar refractivity (Wildman–Crippen MR) is 87.0 cm³/mol. The number of carbonyl (C=O) groups is 1. The van der Waals surface area contributed by atoms with Gasteiger partial charge in [0.15, 0.2) is 0 Å². The summed E-state index contributed by atoms with van der Waals surface area (Å²) in [6.07, 6.45) is -5.51. The number of amides is 1. The van der Waals surface area contributed by atoms with Crippen molar-refractivity contribution in [2.45, 2.75) is 18.7 Å². The third-order valence-electron chi connectivity index (χ3n) is 4.09. The second-order valence-electron chi connectivity index (χ2n) is 5.73. The molecule has 1 unspecified atom stereocenters. The van der Waals surface area contributed by atoms with Crippen LogP contribution in [0.3, 0.4) is 0 Å². The number of halogens is 3. The van der Waals surface area contributed by atoms with Crippen LogP contribution in [0.25, 0.3) is 11.1 Å². The third kappa shape index (κ3) is 3.54. The van der Waals surface area contributed by atoms with Crippen molar-refractivity contribution in [3.63, 3.8) is 0 Å². The maximum atomic E-state index is 13.2. The van der Waals surface area contributed by atoms with E-state index in [9.17, 15) is 18.0 Å². The predicted octanol–water partition coefficient (Wildman–Crippen LogP) is 4.30. The molecule has 1 aliphatic heterocycles. The van der Waals surface area contributed by atoms with Crippen LogP contribution in [0.4, 0.5) is 18.0 Å². The summed E-state index contributed by atoms with van der Waals surface area (Å²) in [6.45, 7) is 0.310. The monoisotopic (exact) mass is 367 g/mol. The highest BCUT2D eigenvalue weighted by Gasteiger charge is 2.34. The van der Waals surface area contributed by atoms with Crippen molar-refractivity contribution in [1.82, 2.24) is 0 Å². The Morgan fingerprint density at radius 1 is 1.19 bits per heavy atom. The molecule has 2 N–H and O–H groups in total. The summed E-state index contributed by atoms with van der Waals surface area (Å²) in [6, 6.07) is 8.77. The highest BCUT2D eigenvalue weighted by Crippen LogP contribution is 2.41. The van der Waals surface area contributed by atoms with E-state index < -0.39 is 23.9 Å². The Hall–Kier alpha value is -2.90. The Labute approximate surface area is 147 Å². The molecule has 8 heteroatoms. The van der Waals surface area contributed by atoms with Gasteiger partial charge in [0.2, 0.25) is 0 Å². The number of nitrogens with two attached hydrogens (primary N) is 1. The zero-order valence-corrected chi connectivity index (χ0v) is 13.8. The average molecular weight is 367 g/mol. The Bertz CT molecular complexity index is 836. The number of fused-ring (bicyclic) bond motifs is 1. The molecule has 2 aromatic rings. The van der Waals surface area contributed by atoms with E-state index in [0.29, 0.717) is 35.5 Å². The van der Waals surface area contributed by atoms with Crippen LogP contribution in [0.15, 0.2) is 36.4 Å². The van der Waals surface area contributed by atoms with E-state index >= 15 is 0 Å². The normalized spacial score (nSPS) is 16.4. The number of benzene rings is 2. The van der Waals surface area contributed by atoms with Gasteiger partial charge in [0.05, 0.1) is 19.3 Å². The molecule has 0 fully saturated rings. The van der Waals surface area contributed by atoms with E-state index in [1.54, 1.807) is 18.2 Å². The van der Waals surface area contributed by atoms with Crippen molar-refractivity contribution in [2.24, 2.45) is 5.73 Å². The second kappa shape index (κ2) is 6.78. The van der Waals surface area contributed by atoms with Gasteiger partial charge in [-0.3, -0.25) is 0 Å². The lowest BCUT2D eigenvalue weighted by Gasteiger charge is -2.25. The maximum Gasteiger partial charge on any atom is 0.419 e. The van der Waals surface area contributed by atoms with Crippen LogP contribution in [-0.4, -0.2) is 19.8 Å². The molecule has 0 spiro atoms. The highest BCUT2D eigenvalue weighted by atomic mass is 19.4. The molecule has 0 bridgehead atoms. The van der Waals surface area contributed by atoms with Crippen LogP contribution in [0.2, 0.25) is 0 Å². The molecular formula is C18H16F3NO4. The lowest BCUT2D eigenvalue weighted by molar-refractivity contribution is -0.138. The van der Waals surface area contributed by atoms with E-state index in [1.807, 2.05) is 0 Å². The molecule has 3 rings (SSSR count). The molecule has 5 nitrogen and oxygen atoms in total. The van der Waals surface area contributed by atoms with Crippen LogP contribution >= 0.6 is 0 Å². The van der Waals surface area contributed by atoms with Crippen molar-refractivity contribution in [3.8, 4) is 22.6 Å². The van der Waals surface area contributed by atoms with Crippen LogP contribution in [-0.2, 0) is 10.9 Å². The van der Waals surface area contributed by atoms with Gasteiger partial charge in [-0.25, -0.2) is 4.79 Å². The van der Waals surface area contributed by atoms with Crippen molar-refractivity contribution >= 4 is 6.09 Å². The molecule has 0 aliphatic carbocycles. The number of hydrogen-bond donors (Lipinski definition) is 1. The summed E-state index contributed by atoms with van der Waals surface area (Å²) in [7, 11) is 1.19. The first-order valence-corrected chi connectivity index (χ1v) is 7.78. The molecule has 1 heterocycles. The zero-order chi connectivity index (χ0) is 18.9. The number of rotatable bonds is 3. The first-order chi connectivity index (χ1) is 12.3. The van der Waals surface area contributed by atoms with Gasteiger partial charge in [-0.15, -0.1) is 0 Å². The summed E-state index contributed by atoms with van der Waals surface area (Å²) in [5.74, 6) is 0.203. The minimum atomic E-state index is -4.54. The smallest absolute Gasteiger partial charge is 0.419 e. The highest BCUT2D eigenvalue weighted by molar-refractivity contribution is 5.69. The molecule has 26 heavy (non-hydrogen) atoms. The van der Waals surface area contributed by atoms with Gasteiger partial charge in [0.1, 0.15) is 17.6 Å². The minimum absolute atomic E-state index is 0.245. The van der Waals surface area contributed by atoms with Crippen LogP contribution in [0.5, 0.6) is 11.5 Å². The first kappa shape index (κ1) is 17.9. The van der Waals surface area contributed by atoms with Gasteiger partial charge < -0.3 is 19.9 Å². The molecule has 0 aromatic heterocycles.